The fraction of sp³-hybridized carbons (Fsp3) is 0.150. The largest absolute Gasteiger partial charge is 0.481 e. The van der Waals surface area contributed by atoms with Gasteiger partial charge in [0.15, 0.2) is 11.6 Å². The number of nitrogens with one attached hydrogen (secondary N) is 2. The molecule has 0 fully saturated rings. The first kappa shape index (κ1) is 19.0. The van der Waals surface area contributed by atoms with Gasteiger partial charge in [-0.1, -0.05) is 36.4 Å². The Bertz CT molecular complexity index is 1120. The fourth-order valence-electron chi connectivity index (χ4n) is 2.66. The van der Waals surface area contributed by atoms with E-state index < -0.39 is 23.2 Å². The van der Waals surface area contributed by atoms with Crippen molar-refractivity contribution in [2.24, 2.45) is 0 Å². The number of carboxylic acids is 1. The highest BCUT2D eigenvalue weighted by atomic mass is 16.4. The number of H-pyrrole nitrogens is 1. The molecule has 28 heavy (non-hydrogen) atoms. The van der Waals surface area contributed by atoms with Gasteiger partial charge in [0.2, 0.25) is 0 Å². The van der Waals surface area contributed by atoms with Crippen molar-refractivity contribution in [3.63, 3.8) is 0 Å². The number of nitrogens with zero attached hydrogens (tertiary/aromatic N) is 1. The molecule has 8 nitrogen and oxygen atoms in total. The number of carboxylic acid groups (broad SMARTS) is 1. The van der Waals surface area contributed by atoms with Crippen molar-refractivity contribution in [3.05, 3.63) is 76.0 Å². The molecule has 1 amide bonds. The molecule has 0 atom stereocenters. The van der Waals surface area contributed by atoms with Crippen LogP contribution in [0.1, 0.15) is 39.4 Å². The molecule has 0 radical (unpaired) electrons. The summed E-state index contributed by atoms with van der Waals surface area (Å²) in [5.41, 5.74) is -0.114. The Kier molecular flexibility index (Phi) is 5.59. The molecule has 0 unspecified atom stereocenters. The van der Waals surface area contributed by atoms with E-state index in [1.54, 1.807) is 0 Å². The lowest BCUT2D eigenvalue weighted by Gasteiger charge is -2.07. The van der Waals surface area contributed by atoms with Crippen molar-refractivity contribution in [1.82, 2.24) is 15.3 Å². The molecule has 0 saturated carbocycles. The molecule has 0 spiro atoms. The summed E-state index contributed by atoms with van der Waals surface area (Å²) >= 11 is 0. The predicted octanol–water partition coefficient (Wildman–Crippen LogP) is 1.90. The molecule has 0 aliphatic rings. The van der Waals surface area contributed by atoms with Gasteiger partial charge in [0.1, 0.15) is 5.56 Å². The number of rotatable bonds is 7. The highest BCUT2D eigenvalue weighted by Crippen LogP contribution is 2.15. The van der Waals surface area contributed by atoms with Gasteiger partial charge in [-0.05, 0) is 22.4 Å². The SMILES string of the molecule is O=C(O)CCC(=O)c1ncc(C(=O)NCc2ccc3ccccc3c2)c(=O)[nH]1. The average Bonchev–Trinajstić information content (AvgIpc) is 2.69. The van der Waals surface area contributed by atoms with Gasteiger partial charge < -0.3 is 15.4 Å². The fourth-order valence-corrected chi connectivity index (χ4v) is 2.66. The molecular weight excluding hydrogens is 362 g/mol. The van der Waals surface area contributed by atoms with Crippen LogP contribution in [-0.2, 0) is 11.3 Å². The molecule has 1 aromatic heterocycles. The first-order chi connectivity index (χ1) is 13.4. The molecular formula is C20H17N3O5. The molecule has 0 aliphatic carbocycles. The van der Waals surface area contributed by atoms with Gasteiger partial charge in [-0.25, -0.2) is 4.98 Å². The van der Waals surface area contributed by atoms with E-state index in [0.717, 1.165) is 22.5 Å². The smallest absolute Gasteiger partial charge is 0.303 e. The number of aromatic amines is 1. The molecule has 3 aromatic rings. The summed E-state index contributed by atoms with van der Waals surface area (Å²) in [6, 6.07) is 13.6. The molecule has 2 aromatic carbocycles. The Balaban J connectivity index is 1.67. The van der Waals surface area contributed by atoms with Gasteiger partial charge >= 0.3 is 5.97 Å². The van der Waals surface area contributed by atoms with Gasteiger partial charge in [-0.15, -0.1) is 0 Å². The molecule has 8 heteroatoms. The van der Waals surface area contributed by atoms with Crippen LogP contribution in [0.15, 0.2) is 53.5 Å². The lowest BCUT2D eigenvalue weighted by Crippen LogP contribution is -2.30. The van der Waals surface area contributed by atoms with E-state index in [2.05, 4.69) is 15.3 Å². The summed E-state index contributed by atoms with van der Waals surface area (Å²) < 4.78 is 0. The molecule has 0 bridgehead atoms. The number of benzene rings is 2. The van der Waals surface area contributed by atoms with Gasteiger partial charge in [0, 0.05) is 19.2 Å². The van der Waals surface area contributed by atoms with Crippen LogP contribution in [0.4, 0.5) is 0 Å². The third-order valence-corrected chi connectivity index (χ3v) is 4.14. The number of carbonyl (C=O) groups is 3. The van der Waals surface area contributed by atoms with Crippen LogP contribution < -0.4 is 10.9 Å². The number of amides is 1. The first-order valence-corrected chi connectivity index (χ1v) is 8.54. The standard InChI is InChI=1S/C20H17N3O5/c24-16(7-8-17(25)26)18-21-11-15(20(28)23-18)19(27)22-10-12-5-6-13-3-1-2-4-14(13)9-12/h1-6,9,11H,7-8,10H2,(H,22,27)(H,25,26)(H,21,23,28). The summed E-state index contributed by atoms with van der Waals surface area (Å²) in [4.78, 5) is 52.7. The number of aromatic nitrogens is 2. The van der Waals surface area contributed by atoms with Crippen LogP contribution in [0.25, 0.3) is 10.8 Å². The Morgan fingerprint density at radius 3 is 2.50 bits per heavy atom. The zero-order valence-corrected chi connectivity index (χ0v) is 14.8. The second-order valence-corrected chi connectivity index (χ2v) is 6.16. The molecule has 3 rings (SSSR count). The topological polar surface area (TPSA) is 129 Å². The van der Waals surface area contributed by atoms with Crippen LogP contribution in [0.5, 0.6) is 0 Å². The van der Waals surface area contributed by atoms with Gasteiger partial charge in [-0.2, -0.15) is 0 Å². The number of aliphatic carboxylic acids is 1. The Morgan fingerprint density at radius 2 is 1.79 bits per heavy atom. The maximum Gasteiger partial charge on any atom is 0.303 e. The minimum atomic E-state index is -1.12. The highest BCUT2D eigenvalue weighted by Gasteiger charge is 2.16. The van der Waals surface area contributed by atoms with E-state index in [1.807, 2.05) is 42.5 Å². The molecule has 0 saturated heterocycles. The monoisotopic (exact) mass is 379 g/mol. The van der Waals surface area contributed by atoms with E-state index in [-0.39, 0.29) is 30.8 Å². The Morgan fingerprint density at radius 1 is 1.04 bits per heavy atom. The average molecular weight is 379 g/mol. The zero-order chi connectivity index (χ0) is 20.1. The second kappa shape index (κ2) is 8.26. The van der Waals surface area contributed by atoms with Crippen molar-refractivity contribution in [1.29, 1.82) is 0 Å². The number of carbonyl (C=O) groups excluding carboxylic acids is 2. The van der Waals surface area contributed by atoms with Crippen molar-refractivity contribution in [2.75, 3.05) is 0 Å². The number of Topliss-reactive ketones (excluding diaryl/α,β-unsaturated/α-hetero) is 1. The summed E-state index contributed by atoms with van der Waals surface area (Å²) in [6.07, 6.45) is 0.366. The normalized spacial score (nSPS) is 10.6. The number of fused-ring (bicyclic) bond motifs is 1. The Labute approximate surface area is 159 Å². The number of ketones is 1. The van der Waals surface area contributed by atoms with E-state index in [4.69, 9.17) is 5.11 Å². The molecule has 142 valence electrons. The van der Waals surface area contributed by atoms with Gasteiger partial charge in [-0.3, -0.25) is 19.2 Å². The third-order valence-electron chi connectivity index (χ3n) is 4.14. The Hall–Kier alpha value is -3.81. The van der Waals surface area contributed by atoms with Crippen molar-refractivity contribution >= 4 is 28.4 Å². The number of hydrogen-bond donors (Lipinski definition) is 3. The van der Waals surface area contributed by atoms with Crippen molar-refractivity contribution in [2.45, 2.75) is 19.4 Å². The maximum atomic E-state index is 12.3. The van der Waals surface area contributed by atoms with Crippen LogP contribution in [0.3, 0.4) is 0 Å². The summed E-state index contributed by atoms with van der Waals surface area (Å²) in [5.74, 6) is -2.62. The van der Waals surface area contributed by atoms with Crippen molar-refractivity contribution in [3.8, 4) is 0 Å². The third kappa shape index (κ3) is 4.47. The number of hydrogen-bond acceptors (Lipinski definition) is 5. The van der Waals surface area contributed by atoms with Crippen LogP contribution in [-0.4, -0.2) is 32.7 Å². The summed E-state index contributed by atoms with van der Waals surface area (Å²) in [6.45, 7) is 0.225. The van der Waals surface area contributed by atoms with E-state index in [9.17, 15) is 19.2 Å². The highest BCUT2D eigenvalue weighted by molar-refractivity contribution is 5.96. The van der Waals surface area contributed by atoms with Gasteiger partial charge in [0.25, 0.3) is 11.5 Å². The lowest BCUT2D eigenvalue weighted by molar-refractivity contribution is -0.136. The minimum absolute atomic E-state index is 0.225. The minimum Gasteiger partial charge on any atom is -0.481 e. The van der Waals surface area contributed by atoms with Crippen molar-refractivity contribution < 1.29 is 19.5 Å². The molecule has 1 heterocycles. The zero-order valence-electron chi connectivity index (χ0n) is 14.8. The molecule has 3 N–H and O–H groups in total. The summed E-state index contributed by atoms with van der Waals surface area (Å²) in [5, 5.41) is 13.4. The first-order valence-electron chi connectivity index (χ1n) is 8.54. The maximum absolute atomic E-state index is 12.3. The predicted molar refractivity (Wildman–Crippen MR) is 101 cm³/mol. The summed E-state index contributed by atoms with van der Waals surface area (Å²) in [7, 11) is 0. The quantitative estimate of drug-likeness (QED) is 0.538. The second-order valence-electron chi connectivity index (χ2n) is 6.16. The van der Waals surface area contributed by atoms with E-state index >= 15 is 0 Å². The van der Waals surface area contributed by atoms with Crippen LogP contribution >= 0.6 is 0 Å². The van der Waals surface area contributed by atoms with Crippen LogP contribution in [0, 0.1) is 0 Å². The van der Waals surface area contributed by atoms with Crippen LogP contribution in [0.2, 0.25) is 0 Å². The molecule has 0 aliphatic heterocycles. The lowest BCUT2D eigenvalue weighted by atomic mass is 10.1. The van der Waals surface area contributed by atoms with Gasteiger partial charge in [0.05, 0.1) is 6.42 Å². The van der Waals surface area contributed by atoms with E-state index in [0.29, 0.717) is 0 Å². The van der Waals surface area contributed by atoms with E-state index in [1.165, 1.54) is 0 Å².